The largest absolute Gasteiger partial charge is 0.347 e. The Balaban J connectivity index is 1.33. The molecule has 146 valence electrons. The molecule has 0 aromatic carbocycles. The zero-order valence-electron chi connectivity index (χ0n) is 16.0. The lowest BCUT2D eigenvalue weighted by Gasteiger charge is -2.57. The molecule has 2 heterocycles. The summed E-state index contributed by atoms with van der Waals surface area (Å²) >= 11 is 0. The zero-order valence-corrected chi connectivity index (χ0v) is 16.0. The van der Waals surface area contributed by atoms with Gasteiger partial charge in [-0.25, -0.2) is 5.48 Å². The maximum absolute atomic E-state index is 13.3. The van der Waals surface area contributed by atoms with Gasteiger partial charge in [0.25, 0.3) is 5.91 Å². The van der Waals surface area contributed by atoms with Crippen LogP contribution in [0, 0.1) is 23.2 Å². The standard InChI is InChI=1S/C21H29N3O3/c1-13-18-7-17(20(26)22-27)12-23(18)2-3-24(13)19(25)11-21-8-14-4-15(9-21)6-16(5-14)10-21/h7,12-16,27H,2-6,8-11H2,1H3,(H,22,26). The van der Waals surface area contributed by atoms with Gasteiger partial charge in [-0.05, 0) is 74.7 Å². The molecule has 27 heavy (non-hydrogen) atoms. The van der Waals surface area contributed by atoms with Crippen molar-refractivity contribution in [2.24, 2.45) is 23.2 Å². The van der Waals surface area contributed by atoms with E-state index in [-0.39, 0.29) is 17.4 Å². The summed E-state index contributed by atoms with van der Waals surface area (Å²) in [6.07, 6.45) is 10.4. The summed E-state index contributed by atoms with van der Waals surface area (Å²) < 4.78 is 2.03. The molecule has 4 saturated carbocycles. The Morgan fingerprint density at radius 3 is 2.37 bits per heavy atom. The summed E-state index contributed by atoms with van der Waals surface area (Å²) in [5.74, 6) is 2.36. The van der Waals surface area contributed by atoms with Crippen LogP contribution in [0.5, 0.6) is 0 Å². The summed E-state index contributed by atoms with van der Waals surface area (Å²) in [6.45, 7) is 3.43. The van der Waals surface area contributed by atoms with E-state index in [9.17, 15) is 9.59 Å². The van der Waals surface area contributed by atoms with Crippen LogP contribution in [0.3, 0.4) is 0 Å². The smallest absolute Gasteiger partial charge is 0.276 e. The summed E-state index contributed by atoms with van der Waals surface area (Å²) in [5.41, 5.74) is 3.36. The van der Waals surface area contributed by atoms with Gasteiger partial charge in [-0.2, -0.15) is 0 Å². The van der Waals surface area contributed by atoms with E-state index in [1.165, 1.54) is 38.5 Å². The fourth-order valence-corrected chi connectivity index (χ4v) is 7.10. The fraction of sp³-hybridized carbons (Fsp3) is 0.714. The molecule has 6 nitrogen and oxygen atoms in total. The van der Waals surface area contributed by atoms with Crippen molar-refractivity contribution in [1.82, 2.24) is 14.9 Å². The van der Waals surface area contributed by atoms with Crippen LogP contribution in [0.4, 0.5) is 0 Å². The van der Waals surface area contributed by atoms with E-state index in [0.717, 1.165) is 23.4 Å². The third-order valence-corrected chi connectivity index (χ3v) is 7.78. The van der Waals surface area contributed by atoms with Gasteiger partial charge < -0.3 is 9.47 Å². The number of aromatic nitrogens is 1. The first-order valence-corrected chi connectivity index (χ1v) is 10.4. The van der Waals surface area contributed by atoms with Crippen LogP contribution >= 0.6 is 0 Å². The number of hydrogen-bond acceptors (Lipinski definition) is 3. The molecule has 0 spiro atoms. The first kappa shape index (κ1) is 17.3. The van der Waals surface area contributed by atoms with E-state index >= 15 is 0 Å². The van der Waals surface area contributed by atoms with Crippen LogP contribution in [0.15, 0.2) is 12.3 Å². The number of nitrogens with one attached hydrogen (secondary N) is 1. The topological polar surface area (TPSA) is 74.6 Å². The minimum Gasteiger partial charge on any atom is -0.347 e. The normalized spacial score (nSPS) is 36.6. The molecule has 1 unspecified atom stereocenters. The quantitative estimate of drug-likeness (QED) is 0.633. The van der Waals surface area contributed by atoms with Crippen molar-refractivity contribution in [3.63, 3.8) is 0 Å². The highest BCUT2D eigenvalue weighted by Gasteiger charge is 2.52. The predicted octanol–water partition coefficient (Wildman–Crippen LogP) is 3.12. The van der Waals surface area contributed by atoms with Gasteiger partial charge in [-0.1, -0.05) is 0 Å². The monoisotopic (exact) mass is 371 g/mol. The second kappa shape index (κ2) is 6.09. The molecule has 2 amide bonds. The van der Waals surface area contributed by atoms with Crippen molar-refractivity contribution in [3.8, 4) is 0 Å². The minimum atomic E-state index is -0.504. The van der Waals surface area contributed by atoms with Crippen LogP contribution in [0.1, 0.15) is 74.0 Å². The summed E-state index contributed by atoms with van der Waals surface area (Å²) in [5, 5.41) is 8.87. The number of hydroxylamine groups is 1. The third-order valence-electron chi connectivity index (χ3n) is 7.78. The van der Waals surface area contributed by atoms with Gasteiger partial charge in [0, 0.05) is 31.4 Å². The van der Waals surface area contributed by atoms with Gasteiger partial charge in [-0.15, -0.1) is 0 Å². The number of rotatable bonds is 3. The summed E-state index contributed by atoms with van der Waals surface area (Å²) in [4.78, 5) is 27.0. The summed E-state index contributed by atoms with van der Waals surface area (Å²) in [6, 6.07) is 1.75. The Labute approximate surface area is 159 Å². The molecule has 1 aliphatic heterocycles. The van der Waals surface area contributed by atoms with Gasteiger partial charge in [-0.3, -0.25) is 14.8 Å². The predicted molar refractivity (Wildman–Crippen MR) is 99.0 cm³/mol. The highest BCUT2D eigenvalue weighted by atomic mass is 16.5. The van der Waals surface area contributed by atoms with Crippen LogP contribution in [-0.4, -0.2) is 33.0 Å². The highest BCUT2D eigenvalue weighted by molar-refractivity contribution is 5.93. The second-order valence-electron chi connectivity index (χ2n) is 9.65. The van der Waals surface area contributed by atoms with Crippen LogP contribution in [-0.2, 0) is 11.3 Å². The molecule has 1 atom stereocenters. The molecule has 4 fully saturated rings. The SMILES string of the molecule is CC1c2cc(C(=O)NO)cn2CCN1C(=O)CC12CC3CC(CC(C3)C1)C2. The molecule has 6 rings (SSSR count). The molecular weight excluding hydrogens is 342 g/mol. The lowest BCUT2D eigenvalue weighted by Crippen LogP contribution is -2.49. The molecule has 1 aromatic rings. The van der Waals surface area contributed by atoms with Gasteiger partial charge in [0.15, 0.2) is 0 Å². The van der Waals surface area contributed by atoms with Gasteiger partial charge in [0.1, 0.15) is 0 Å². The maximum Gasteiger partial charge on any atom is 0.276 e. The molecular formula is C21H29N3O3. The molecule has 0 radical (unpaired) electrons. The molecule has 6 heteroatoms. The Bertz CT molecular complexity index is 748. The average molecular weight is 371 g/mol. The molecule has 5 aliphatic rings. The third kappa shape index (κ3) is 2.80. The molecule has 4 bridgehead atoms. The van der Waals surface area contributed by atoms with Crippen LogP contribution < -0.4 is 5.48 Å². The van der Waals surface area contributed by atoms with Crippen molar-refractivity contribution < 1.29 is 14.8 Å². The maximum atomic E-state index is 13.3. The fourth-order valence-electron chi connectivity index (χ4n) is 7.10. The van der Waals surface area contributed by atoms with Gasteiger partial charge in [0.2, 0.25) is 5.91 Å². The first-order chi connectivity index (χ1) is 13.0. The number of carbonyl (C=O) groups is 2. The lowest BCUT2D eigenvalue weighted by atomic mass is 9.49. The number of fused-ring (bicyclic) bond motifs is 1. The Hall–Kier alpha value is -1.82. The summed E-state index contributed by atoms with van der Waals surface area (Å²) in [7, 11) is 0. The number of amides is 2. The number of carbonyl (C=O) groups excluding carboxylic acids is 2. The Morgan fingerprint density at radius 1 is 1.15 bits per heavy atom. The van der Waals surface area contributed by atoms with E-state index in [1.807, 2.05) is 16.4 Å². The van der Waals surface area contributed by atoms with Crippen molar-refractivity contribution in [1.29, 1.82) is 0 Å². The van der Waals surface area contributed by atoms with Crippen LogP contribution in [0.2, 0.25) is 0 Å². The first-order valence-electron chi connectivity index (χ1n) is 10.4. The van der Waals surface area contributed by atoms with Crippen molar-refractivity contribution >= 4 is 11.8 Å². The molecule has 1 aromatic heterocycles. The number of hydrogen-bond donors (Lipinski definition) is 2. The van der Waals surface area contributed by atoms with E-state index in [2.05, 4.69) is 0 Å². The Morgan fingerprint density at radius 2 is 1.78 bits per heavy atom. The van der Waals surface area contributed by atoms with Crippen molar-refractivity contribution in [3.05, 3.63) is 23.5 Å². The van der Waals surface area contributed by atoms with E-state index in [4.69, 9.17) is 5.21 Å². The average Bonchev–Trinajstić information content (AvgIpc) is 3.05. The Kier molecular flexibility index (Phi) is 3.90. The van der Waals surface area contributed by atoms with Crippen LogP contribution in [0.25, 0.3) is 0 Å². The highest BCUT2D eigenvalue weighted by Crippen LogP contribution is 2.61. The minimum absolute atomic E-state index is 0.0413. The van der Waals surface area contributed by atoms with E-state index in [1.54, 1.807) is 17.7 Å². The zero-order chi connectivity index (χ0) is 18.8. The van der Waals surface area contributed by atoms with Gasteiger partial charge >= 0.3 is 0 Å². The van der Waals surface area contributed by atoms with E-state index in [0.29, 0.717) is 25.1 Å². The lowest BCUT2D eigenvalue weighted by molar-refractivity contribution is -0.142. The molecule has 2 N–H and O–H groups in total. The van der Waals surface area contributed by atoms with Crippen molar-refractivity contribution in [2.45, 2.75) is 64.5 Å². The van der Waals surface area contributed by atoms with E-state index < -0.39 is 5.91 Å². The van der Waals surface area contributed by atoms with Crippen molar-refractivity contribution in [2.75, 3.05) is 6.54 Å². The molecule has 0 saturated heterocycles. The van der Waals surface area contributed by atoms with Gasteiger partial charge in [0.05, 0.1) is 11.6 Å². The number of nitrogens with zero attached hydrogens (tertiary/aromatic N) is 2. The second-order valence-corrected chi connectivity index (χ2v) is 9.65. The molecule has 4 aliphatic carbocycles.